The summed E-state index contributed by atoms with van der Waals surface area (Å²) in [6.07, 6.45) is 1.00. The first kappa shape index (κ1) is 28.9. The van der Waals surface area contributed by atoms with Crippen LogP contribution < -0.4 is 19.9 Å². The van der Waals surface area contributed by atoms with E-state index in [1.807, 2.05) is 47.2 Å². The Bertz CT molecular complexity index is 1520. The predicted octanol–water partition coefficient (Wildman–Crippen LogP) is 4.34. The van der Waals surface area contributed by atoms with Gasteiger partial charge in [-0.1, -0.05) is 12.1 Å². The molecule has 3 aliphatic heterocycles. The van der Waals surface area contributed by atoms with E-state index in [0.717, 1.165) is 44.0 Å². The highest BCUT2D eigenvalue weighted by molar-refractivity contribution is 6.13. The number of fused-ring (bicyclic) bond motifs is 2. The Kier molecular flexibility index (Phi) is 7.93. The topological polar surface area (TPSA) is 84.5 Å². The number of pyridine rings is 1. The third-order valence-corrected chi connectivity index (χ3v) is 8.67. The highest BCUT2D eigenvalue weighted by atomic mass is 19.1. The normalized spacial score (nSPS) is 20.0. The maximum Gasteiger partial charge on any atom is 0.260 e. The van der Waals surface area contributed by atoms with Crippen molar-refractivity contribution in [2.24, 2.45) is 0 Å². The van der Waals surface area contributed by atoms with Crippen molar-refractivity contribution in [3.8, 4) is 5.75 Å². The van der Waals surface area contributed by atoms with Crippen molar-refractivity contribution in [3.05, 3.63) is 65.9 Å². The van der Waals surface area contributed by atoms with E-state index in [0.29, 0.717) is 47.5 Å². The number of piperazine rings is 1. The van der Waals surface area contributed by atoms with Crippen LogP contribution in [0.3, 0.4) is 0 Å². The minimum Gasteiger partial charge on any atom is -0.459 e. The fourth-order valence-corrected chi connectivity index (χ4v) is 6.16. The number of hydrogen-bond donors (Lipinski definition) is 1. The number of carbonyl (C=O) groups is 2. The number of nitrogens with one attached hydrogen (secondary N) is 1. The third kappa shape index (κ3) is 5.74. The van der Waals surface area contributed by atoms with E-state index in [-0.39, 0.29) is 17.6 Å². The molecule has 3 aromatic rings. The van der Waals surface area contributed by atoms with E-state index in [4.69, 9.17) is 4.74 Å². The predicted molar refractivity (Wildman–Crippen MR) is 166 cm³/mol. The van der Waals surface area contributed by atoms with Crippen LogP contribution in [0.5, 0.6) is 5.75 Å². The maximum atomic E-state index is 14.2. The minimum absolute atomic E-state index is 0.0873. The second-order valence-corrected chi connectivity index (χ2v) is 11.5. The molecule has 43 heavy (non-hydrogen) atoms. The maximum absolute atomic E-state index is 14.2. The Morgan fingerprint density at radius 3 is 2.51 bits per heavy atom. The molecule has 2 saturated heterocycles. The Balaban J connectivity index is 1.23. The summed E-state index contributed by atoms with van der Waals surface area (Å²) in [5.41, 5.74) is 3.74. The third-order valence-electron chi connectivity index (χ3n) is 8.67. The molecule has 1 aromatic heterocycles. The number of alkyl halides is 1. The lowest BCUT2D eigenvalue weighted by molar-refractivity contribution is 0.0747. The van der Waals surface area contributed by atoms with Crippen LogP contribution in [-0.4, -0.2) is 104 Å². The summed E-state index contributed by atoms with van der Waals surface area (Å²) >= 11 is 0. The van der Waals surface area contributed by atoms with Gasteiger partial charge in [0.05, 0.1) is 34.5 Å². The SMILES string of the molecule is CC(F)Oc1cc(C(=O)N2CC[C@@H](N3CCN(C)CC3)C2)ccc1Nc1cc2c(cn1)N(C)C(=O)c1ccccc1N2C. The van der Waals surface area contributed by atoms with Gasteiger partial charge >= 0.3 is 0 Å². The molecule has 226 valence electrons. The largest absolute Gasteiger partial charge is 0.459 e. The number of rotatable bonds is 6. The van der Waals surface area contributed by atoms with Gasteiger partial charge in [0.2, 0.25) is 6.36 Å². The molecule has 1 unspecified atom stereocenters. The summed E-state index contributed by atoms with van der Waals surface area (Å²) in [6.45, 7) is 6.79. The lowest BCUT2D eigenvalue weighted by Crippen LogP contribution is -2.50. The fourth-order valence-electron chi connectivity index (χ4n) is 6.16. The molecule has 6 rings (SSSR count). The zero-order chi connectivity index (χ0) is 30.2. The number of hydrogen-bond acceptors (Lipinski definition) is 8. The van der Waals surface area contributed by atoms with Crippen LogP contribution >= 0.6 is 0 Å². The number of amides is 2. The van der Waals surface area contributed by atoms with Crippen LogP contribution in [-0.2, 0) is 0 Å². The molecule has 4 heterocycles. The monoisotopic (exact) mass is 587 g/mol. The van der Waals surface area contributed by atoms with E-state index >= 15 is 0 Å². The molecule has 0 aliphatic carbocycles. The number of ether oxygens (including phenoxy) is 1. The summed E-state index contributed by atoms with van der Waals surface area (Å²) in [5.74, 6) is 0.495. The van der Waals surface area contributed by atoms with Gasteiger partial charge in [0.25, 0.3) is 11.8 Å². The molecular formula is C32H38FN7O3. The van der Waals surface area contributed by atoms with Crippen LogP contribution in [0.2, 0.25) is 0 Å². The summed E-state index contributed by atoms with van der Waals surface area (Å²) in [5, 5.41) is 3.24. The van der Waals surface area contributed by atoms with Crippen molar-refractivity contribution < 1.29 is 18.7 Å². The number of likely N-dealkylation sites (tertiary alicyclic amines) is 1. The van der Waals surface area contributed by atoms with Crippen LogP contribution in [0.1, 0.15) is 34.1 Å². The average Bonchev–Trinajstić information content (AvgIpc) is 3.48. The summed E-state index contributed by atoms with van der Waals surface area (Å²) < 4.78 is 19.7. The van der Waals surface area contributed by atoms with Gasteiger partial charge in [-0.15, -0.1) is 0 Å². The highest BCUT2D eigenvalue weighted by Gasteiger charge is 2.33. The molecule has 3 aliphatic rings. The van der Waals surface area contributed by atoms with E-state index in [2.05, 4.69) is 27.1 Å². The molecular weight excluding hydrogens is 549 g/mol. The Morgan fingerprint density at radius 2 is 1.74 bits per heavy atom. The lowest BCUT2D eigenvalue weighted by atomic mass is 10.1. The van der Waals surface area contributed by atoms with Crippen LogP contribution in [0.15, 0.2) is 54.7 Å². The molecule has 0 bridgehead atoms. The van der Waals surface area contributed by atoms with Crippen molar-refractivity contribution in [1.29, 1.82) is 0 Å². The number of anilines is 5. The van der Waals surface area contributed by atoms with Crippen LogP contribution in [0.25, 0.3) is 0 Å². The van der Waals surface area contributed by atoms with Crippen LogP contribution in [0, 0.1) is 0 Å². The number of benzene rings is 2. The smallest absolute Gasteiger partial charge is 0.260 e. The quantitative estimate of drug-likeness (QED) is 0.456. The number of likely N-dealkylation sites (N-methyl/N-ethyl adjacent to an activating group) is 1. The number of nitrogens with zero attached hydrogens (tertiary/aromatic N) is 6. The second-order valence-electron chi connectivity index (χ2n) is 11.5. The fraction of sp³-hybridized carbons (Fsp3) is 0.406. The van der Waals surface area contributed by atoms with Crippen molar-refractivity contribution in [3.63, 3.8) is 0 Å². The van der Waals surface area contributed by atoms with Crippen molar-refractivity contribution in [2.45, 2.75) is 25.7 Å². The molecule has 2 aromatic carbocycles. The lowest BCUT2D eigenvalue weighted by Gasteiger charge is -2.36. The summed E-state index contributed by atoms with van der Waals surface area (Å²) in [7, 11) is 5.77. The zero-order valence-corrected chi connectivity index (χ0v) is 25.1. The molecule has 1 N–H and O–H groups in total. The van der Waals surface area contributed by atoms with Gasteiger partial charge in [0, 0.05) is 78.0 Å². The minimum atomic E-state index is -1.58. The summed E-state index contributed by atoms with van der Waals surface area (Å²) in [6, 6.07) is 14.7. The first-order valence-electron chi connectivity index (χ1n) is 14.7. The number of halogens is 1. The molecule has 0 spiro atoms. The van der Waals surface area contributed by atoms with Gasteiger partial charge < -0.3 is 29.7 Å². The number of aromatic nitrogens is 1. The number of carbonyl (C=O) groups excluding carboxylic acids is 2. The Labute approximate surface area is 251 Å². The van der Waals surface area contributed by atoms with E-state index < -0.39 is 6.36 Å². The van der Waals surface area contributed by atoms with Gasteiger partial charge in [-0.25, -0.2) is 9.37 Å². The van der Waals surface area contributed by atoms with Gasteiger partial charge in [0.1, 0.15) is 11.6 Å². The standard InChI is InChI=1S/C32H38FN7O3/c1-21(33)43-29-17-22(31(41)40-12-11-23(20-40)39-15-13-36(2)14-16-39)9-10-25(29)35-30-18-27-28(19-34-30)38(4)32(42)24-7-5-6-8-26(24)37(27)3/h5-10,17-19,21,23H,11-16,20H2,1-4H3,(H,34,35)/t21?,23-/m1/s1. The van der Waals surface area contributed by atoms with Gasteiger partial charge in [-0.3, -0.25) is 14.5 Å². The van der Waals surface area contributed by atoms with Crippen molar-refractivity contribution in [2.75, 3.05) is 75.5 Å². The Hall–Kier alpha value is -4.22. The van der Waals surface area contributed by atoms with E-state index in [9.17, 15) is 14.0 Å². The van der Waals surface area contributed by atoms with Gasteiger partial charge in [-0.2, -0.15) is 0 Å². The average molecular weight is 588 g/mol. The molecule has 2 atom stereocenters. The van der Waals surface area contributed by atoms with E-state index in [1.165, 1.54) is 6.92 Å². The molecule has 0 saturated carbocycles. The molecule has 0 radical (unpaired) electrons. The zero-order valence-electron chi connectivity index (χ0n) is 25.1. The molecule has 2 fully saturated rings. The van der Waals surface area contributed by atoms with Gasteiger partial charge in [-0.05, 0) is 43.8 Å². The first-order valence-corrected chi connectivity index (χ1v) is 14.7. The number of para-hydroxylation sites is 1. The van der Waals surface area contributed by atoms with E-state index in [1.54, 1.807) is 36.3 Å². The highest BCUT2D eigenvalue weighted by Crippen LogP contribution is 2.40. The summed E-state index contributed by atoms with van der Waals surface area (Å²) in [4.78, 5) is 41.4. The van der Waals surface area contributed by atoms with Crippen molar-refractivity contribution >= 4 is 40.4 Å². The van der Waals surface area contributed by atoms with Crippen molar-refractivity contribution in [1.82, 2.24) is 19.7 Å². The molecule has 11 heteroatoms. The van der Waals surface area contributed by atoms with Gasteiger partial charge in [0.15, 0.2) is 0 Å². The molecule has 2 amide bonds. The van der Waals surface area contributed by atoms with Crippen LogP contribution in [0.4, 0.5) is 33.0 Å². The second kappa shape index (κ2) is 11.8. The molecule has 10 nitrogen and oxygen atoms in total. The Morgan fingerprint density at radius 1 is 0.977 bits per heavy atom. The first-order chi connectivity index (χ1) is 20.7.